The molecule has 0 saturated carbocycles. The van der Waals surface area contributed by atoms with E-state index in [0.29, 0.717) is 12.3 Å². The van der Waals surface area contributed by atoms with E-state index in [1.165, 1.54) is 0 Å². The number of hydrogen-bond donors (Lipinski definition) is 2. The van der Waals surface area contributed by atoms with Gasteiger partial charge in [-0.2, -0.15) is 11.8 Å². The SMILES string of the molecule is C=CCSCCNS(=O)(=O)c1nnc(N)s1. The van der Waals surface area contributed by atoms with E-state index in [-0.39, 0.29) is 9.47 Å². The van der Waals surface area contributed by atoms with Gasteiger partial charge in [0.2, 0.25) is 9.47 Å². The van der Waals surface area contributed by atoms with Crippen LogP contribution < -0.4 is 10.5 Å². The Morgan fingerprint density at radius 3 is 2.88 bits per heavy atom. The van der Waals surface area contributed by atoms with Gasteiger partial charge in [0.05, 0.1) is 0 Å². The Bertz CT molecular complexity index is 442. The lowest BCUT2D eigenvalue weighted by molar-refractivity contribution is 0.582. The van der Waals surface area contributed by atoms with Gasteiger partial charge in [0.25, 0.3) is 10.0 Å². The molecule has 90 valence electrons. The zero-order valence-electron chi connectivity index (χ0n) is 8.42. The van der Waals surface area contributed by atoms with E-state index in [1.807, 2.05) is 0 Å². The minimum absolute atomic E-state index is 0.0984. The van der Waals surface area contributed by atoms with Crippen LogP contribution in [0.4, 0.5) is 5.13 Å². The monoisotopic (exact) mass is 280 g/mol. The predicted octanol–water partition coefficient (Wildman–Crippen LogP) is 0.318. The lowest BCUT2D eigenvalue weighted by atomic mass is 10.8. The maximum atomic E-state index is 11.6. The Balaban J connectivity index is 2.44. The van der Waals surface area contributed by atoms with Gasteiger partial charge in [-0.1, -0.05) is 17.4 Å². The average Bonchev–Trinajstić information content (AvgIpc) is 2.65. The molecule has 0 amide bonds. The minimum Gasteiger partial charge on any atom is -0.374 e. The number of thioether (sulfide) groups is 1. The first-order chi connectivity index (χ1) is 7.56. The van der Waals surface area contributed by atoms with E-state index in [0.717, 1.165) is 17.1 Å². The van der Waals surface area contributed by atoms with Gasteiger partial charge in [0.15, 0.2) is 0 Å². The highest BCUT2D eigenvalue weighted by molar-refractivity contribution is 7.99. The first-order valence-electron chi connectivity index (χ1n) is 4.33. The molecule has 1 aromatic rings. The zero-order chi connectivity index (χ0) is 12.0. The fourth-order valence-corrected chi connectivity index (χ4v) is 3.37. The Hall–Kier alpha value is -0.640. The van der Waals surface area contributed by atoms with Gasteiger partial charge in [-0.05, 0) is 0 Å². The number of hydrogen-bond acceptors (Lipinski definition) is 7. The Labute approximate surface area is 102 Å². The molecule has 16 heavy (non-hydrogen) atoms. The third-order valence-electron chi connectivity index (χ3n) is 1.43. The fourth-order valence-electron chi connectivity index (χ4n) is 0.806. The normalized spacial score (nSPS) is 11.5. The number of nitrogens with two attached hydrogens (primary N) is 1. The van der Waals surface area contributed by atoms with Crippen LogP contribution in [0, 0.1) is 0 Å². The second-order valence-electron chi connectivity index (χ2n) is 2.67. The molecule has 0 aromatic carbocycles. The number of aromatic nitrogens is 2. The summed E-state index contributed by atoms with van der Waals surface area (Å²) in [6.07, 6.45) is 1.77. The Morgan fingerprint density at radius 1 is 1.56 bits per heavy atom. The van der Waals surface area contributed by atoms with E-state index in [9.17, 15) is 8.42 Å². The van der Waals surface area contributed by atoms with Gasteiger partial charge >= 0.3 is 0 Å². The molecule has 1 aromatic heterocycles. The molecule has 3 N–H and O–H groups in total. The first-order valence-corrected chi connectivity index (χ1v) is 7.79. The van der Waals surface area contributed by atoms with Crippen LogP contribution in [0.15, 0.2) is 17.0 Å². The summed E-state index contributed by atoms with van der Waals surface area (Å²) < 4.78 is 25.5. The van der Waals surface area contributed by atoms with Crippen molar-refractivity contribution >= 4 is 38.3 Å². The molecule has 0 saturated heterocycles. The van der Waals surface area contributed by atoms with Crippen LogP contribution in [0.25, 0.3) is 0 Å². The van der Waals surface area contributed by atoms with E-state index in [1.54, 1.807) is 17.8 Å². The summed E-state index contributed by atoms with van der Waals surface area (Å²) in [5, 5.41) is 7.06. The van der Waals surface area contributed by atoms with Crippen molar-refractivity contribution in [2.75, 3.05) is 23.8 Å². The fraction of sp³-hybridized carbons (Fsp3) is 0.429. The second-order valence-corrected chi connectivity index (χ2v) is 6.77. The summed E-state index contributed by atoms with van der Waals surface area (Å²) in [5.41, 5.74) is 5.31. The summed E-state index contributed by atoms with van der Waals surface area (Å²) in [6, 6.07) is 0. The van der Waals surface area contributed by atoms with Crippen molar-refractivity contribution in [3.8, 4) is 0 Å². The zero-order valence-corrected chi connectivity index (χ0v) is 10.9. The first kappa shape index (κ1) is 13.4. The van der Waals surface area contributed by atoms with Crippen molar-refractivity contribution < 1.29 is 8.42 Å². The van der Waals surface area contributed by atoms with Crippen molar-refractivity contribution in [3.63, 3.8) is 0 Å². The summed E-state index contributed by atoms with van der Waals surface area (Å²) in [5.74, 6) is 1.48. The molecule has 0 fully saturated rings. The lowest BCUT2D eigenvalue weighted by Crippen LogP contribution is -2.26. The minimum atomic E-state index is -3.55. The van der Waals surface area contributed by atoms with Crippen LogP contribution >= 0.6 is 23.1 Å². The van der Waals surface area contributed by atoms with Crippen LogP contribution in [0.3, 0.4) is 0 Å². The van der Waals surface area contributed by atoms with E-state index in [2.05, 4.69) is 21.5 Å². The molecule has 0 aliphatic heterocycles. The highest BCUT2D eigenvalue weighted by Crippen LogP contribution is 2.16. The van der Waals surface area contributed by atoms with Crippen molar-refractivity contribution in [1.82, 2.24) is 14.9 Å². The third kappa shape index (κ3) is 4.08. The number of nitrogens with one attached hydrogen (secondary N) is 1. The Kier molecular flexibility index (Phi) is 5.19. The largest absolute Gasteiger partial charge is 0.374 e. The van der Waals surface area contributed by atoms with Crippen LogP contribution in [0.5, 0.6) is 0 Å². The average molecular weight is 280 g/mol. The molecular formula is C7H12N4O2S3. The molecule has 0 unspecified atom stereocenters. The van der Waals surface area contributed by atoms with E-state index in [4.69, 9.17) is 5.73 Å². The number of anilines is 1. The third-order valence-corrected chi connectivity index (χ3v) is 4.97. The topological polar surface area (TPSA) is 98.0 Å². The molecule has 0 radical (unpaired) electrons. The van der Waals surface area contributed by atoms with Crippen molar-refractivity contribution in [2.24, 2.45) is 0 Å². The van der Waals surface area contributed by atoms with Crippen molar-refractivity contribution in [3.05, 3.63) is 12.7 Å². The van der Waals surface area contributed by atoms with Crippen molar-refractivity contribution in [1.29, 1.82) is 0 Å². The number of sulfonamides is 1. The second kappa shape index (κ2) is 6.18. The van der Waals surface area contributed by atoms with Gasteiger partial charge in [-0.25, -0.2) is 13.1 Å². The summed E-state index contributed by atoms with van der Waals surface area (Å²) in [4.78, 5) is 0. The van der Waals surface area contributed by atoms with Gasteiger partial charge < -0.3 is 5.73 Å². The van der Waals surface area contributed by atoms with Crippen LogP contribution in [-0.4, -0.2) is 36.7 Å². The van der Waals surface area contributed by atoms with E-state index < -0.39 is 10.0 Å². The lowest BCUT2D eigenvalue weighted by Gasteiger charge is -2.01. The number of nitrogens with zero attached hydrogens (tertiary/aromatic N) is 2. The molecule has 9 heteroatoms. The number of rotatable bonds is 7. The molecular weight excluding hydrogens is 268 g/mol. The van der Waals surface area contributed by atoms with Crippen LogP contribution in [-0.2, 0) is 10.0 Å². The maximum Gasteiger partial charge on any atom is 0.269 e. The Morgan fingerprint density at radius 2 is 2.31 bits per heavy atom. The van der Waals surface area contributed by atoms with E-state index >= 15 is 0 Å². The van der Waals surface area contributed by atoms with Crippen LogP contribution in [0.2, 0.25) is 0 Å². The summed E-state index contributed by atoms with van der Waals surface area (Å²) in [7, 11) is -3.55. The maximum absolute atomic E-state index is 11.6. The summed E-state index contributed by atoms with van der Waals surface area (Å²) >= 11 is 2.44. The molecule has 1 heterocycles. The highest BCUT2D eigenvalue weighted by Gasteiger charge is 2.18. The molecule has 0 aliphatic carbocycles. The molecule has 6 nitrogen and oxygen atoms in total. The molecule has 0 spiro atoms. The van der Waals surface area contributed by atoms with Gasteiger partial charge in [-0.15, -0.1) is 16.8 Å². The molecule has 0 aliphatic rings. The molecule has 0 atom stereocenters. The van der Waals surface area contributed by atoms with Gasteiger partial charge in [0.1, 0.15) is 0 Å². The van der Waals surface area contributed by atoms with Gasteiger partial charge in [-0.3, -0.25) is 0 Å². The summed E-state index contributed by atoms with van der Waals surface area (Å²) in [6.45, 7) is 3.91. The van der Waals surface area contributed by atoms with Gasteiger partial charge in [0, 0.05) is 18.1 Å². The molecule has 1 rings (SSSR count). The van der Waals surface area contributed by atoms with Crippen molar-refractivity contribution in [2.45, 2.75) is 4.34 Å². The highest BCUT2D eigenvalue weighted by atomic mass is 32.2. The number of nitrogen functional groups attached to an aromatic ring is 1. The smallest absolute Gasteiger partial charge is 0.269 e. The van der Waals surface area contributed by atoms with Crippen LogP contribution in [0.1, 0.15) is 0 Å². The molecule has 0 bridgehead atoms. The quantitative estimate of drug-likeness (QED) is 0.551. The predicted molar refractivity (Wildman–Crippen MR) is 67.0 cm³/mol. The standard InChI is InChI=1S/C7H12N4O2S3/c1-2-4-14-5-3-9-16(12,13)7-11-10-6(8)15-7/h2,9H,1,3-5H2,(H2,8,10).